The predicted octanol–water partition coefficient (Wildman–Crippen LogP) is 7.69. The number of ether oxygens (including phenoxy) is 1. The van der Waals surface area contributed by atoms with Gasteiger partial charge < -0.3 is 15.2 Å². The number of rotatable bonds is 9. The van der Waals surface area contributed by atoms with Gasteiger partial charge in [-0.15, -0.1) is 11.3 Å². The second kappa shape index (κ2) is 11.3. The summed E-state index contributed by atoms with van der Waals surface area (Å²) in [6.45, 7) is 2.09. The average molecular weight is 520 g/mol. The fraction of sp³-hybridized carbons (Fsp3) is 0.345. The first-order valence-electron chi connectivity index (χ1n) is 12.8. The number of hydrogen-bond donors (Lipinski definition) is 2. The minimum Gasteiger partial charge on any atom is -0.480 e. The Morgan fingerprint density at radius 3 is 2.65 bits per heavy atom. The summed E-state index contributed by atoms with van der Waals surface area (Å²) in [6.07, 6.45) is 8.60. The number of fused-ring (bicyclic) bond motifs is 1. The SMILES string of the molecule is CCc1sc2ncnc(N[C@H](CC3CCCCC3)C(=O)O)c2c1-c1cccc(Oc2ccc(F)cc2)c1. The van der Waals surface area contributed by atoms with E-state index in [0.29, 0.717) is 29.7 Å². The molecule has 192 valence electrons. The predicted molar refractivity (Wildman–Crippen MR) is 145 cm³/mol. The Morgan fingerprint density at radius 2 is 1.92 bits per heavy atom. The number of nitrogens with one attached hydrogen (secondary N) is 1. The molecule has 6 nitrogen and oxygen atoms in total. The number of aliphatic carboxylic acids is 1. The van der Waals surface area contributed by atoms with Crippen LogP contribution in [-0.2, 0) is 11.2 Å². The van der Waals surface area contributed by atoms with E-state index in [0.717, 1.165) is 45.5 Å². The lowest BCUT2D eigenvalue weighted by molar-refractivity contribution is -0.138. The van der Waals surface area contributed by atoms with Crippen LogP contribution in [0.2, 0.25) is 0 Å². The third kappa shape index (κ3) is 5.74. The summed E-state index contributed by atoms with van der Waals surface area (Å²) in [7, 11) is 0. The Morgan fingerprint density at radius 1 is 1.14 bits per heavy atom. The number of carbonyl (C=O) groups is 1. The monoisotopic (exact) mass is 519 g/mol. The average Bonchev–Trinajstić information content (AvgIpc) is 3.30. The van der Waals surface area contributed by atoms with Crippen molar-refractivity contribution in [3.05, 3.63) is 65.6 Å². The molecule has 4 aromatic rings. The quantitative estimate of drug-likeness (QED) is 0.236. The van der Waals surface area contributed by atoms with Crippen LogP contribution in [0, 0.1) is 11.7 Å². The molecule has 0 unspecified atom stereocenters. The summed E-state index contributed by atoms with van der Waals surface area (Å²) in [5, 5.41) is 14.1. The first-order valence-corrected chi connectivity index (χ1v) is 13.6. The van der Waals surface area contributed by atoms with Gasteiger partial charge in [0.2, 0.25) is 0 Å². The number of anilines is 1. The molecule has 0 saturated heterocycles. The molecule has 1 aliphatic rings. The van der Waals surface area contributed by atoms with Crippen molar-refractivity contribution in [3.63, 3.8) is 0 Å². The number of nitrogens with zero attached hydrogens (tertiary/aromatic N) is 2. The summed E-state index contributed by atoms with van der Waals surface area (Å²) >= 11 is 1.59. The van der Waals surface area contributed by atoms with Crippen molar-refractivity contribution in [1.82, 2.24) is 9.97 Å². The Kier molecular flexibility index (Phi) is 7.65. The van der Waals surface area contributed by atoms with Gasteiger partial charge in [-0.05, 0) is 60.7 Å². The van der Waals surface area contributed by atoms with E-state index in [4.69, 9.17) is 4.74 Å². The molecule has 0 radical (unpaired) electrons. The fourth-order valence-electron chi connectivity index (χ4n) is 5.14. The van der Waals surface area contributed by atoms with Gasteiger partial charge in [-0.2, -0.15) is 0 Å². The third-order valence-electron chi connectivity index (χ3n) is 6.96. The first kappa shape index (κ1) is 25.1. The molecule has 1 saturated carbocycles. The number of carboxylic acid groups (broad SMARTS) is 1. The molecule has 2 N–H and O–H groups in total. The molecular weight excluding hydrogens is 489 g/mol. The third-order valence-corrected chi connectivity index (χ3v) is 8.20. The molecule has 5 rings (SSSR count). The molecule has 2 heterocycles. The van der Waals surface area contributed by atoms with Crippen LogP contribution in [-0.4, -0.2) is 27.1 Å². The van der Waals surface area contributed by atoms with Crippen molar-refractivity contribution in [2.45, 2.75) is 57.9 Å². The Bertz CT molecular complexity index is 1380. The van der Waals surface area contributed by atoms with Crippen LogP contribution in [0.5, 0.6) is 11.5 Å². The van der Waals surface area contributed by atoms with Crippen LogP contribution in [0.15, 0.2) is 54.9 Å². The first-order chi connectivity index (χ1) is 18.0. The van der Waals surface area contributed by atoms with E-state index in [1.165, 1.54) is 37.7 Å². The second-order valence-corrected chi connectivity index (χ2v) is 10.6. The molecule has 8 heteroatoms. The summed E-state index contributed by atoms with van der Waals surface area (Å²) in [6, 6.07) is 12.9. The molecule has 37 heavy (non-hydrogen) atoms. The van der Waals surface area contributed by atoms with Crippen LogP contribution in [0.3, 0.4) is 0 Å². The van der Waals surface area contributed by atoms with Gasteiger partial charge in [0, 0.05) is 10.4 Å². The lowest BCUT2D eigenvalue weighted by Crippen LogP contribution is -2.32. The van der Waals surface area contributed by atoms with Gasteiger partial charge in [-0.3, -0.25) is 0 Å². The van der Waals surface area contributed by atoms with Crippen molar-refractivity contribution < 1.29 is 19.0 Å². The van der Waals surface area contributed by atoms with E-state index in [1.54, 1.807) is 23.5 Å². The van der Waals surface area contributed by atoms with Gasteiger partial charge in [-0.1, -0.05) is 51.2 Å². The summed E-state index contributed by atoms with van der Waals surface area (Å²) in [4.78, 5) is 23.2. The lowest BCUT2D eigenvalue weighted by atomic mass is 9.85. The summed E-state index contributed by atoms with van der Waals surface area (Å²) in [5.41, 5.74) is 1.91. The highest BCUT2D eigenvalue weighted by Crippen LogP contribution is 2.42. The van der Waals surface area contributed by atoms with E-state index >= 15 is 0 Å². The lowest BCUT2D eigenvalue weighted by Gasteiger charge is -2.25. The van der Waals surface area contributed by atoms with Gasteiger partial charge >= 0.3 is 5.97 Å². The van der Waals surface area contributed by atoms with Crippen molar-refractivity contribution in [1.29, 1.82) is 0 Å². The highest BCUT2D eigenvalue weighted by molar-refractivity contribution is 7.19. The molecule has 1 fully saturated rings. The maximum Gasteiger partial charge on any atom is 0.326 e. The molecule has 2 aromatic heterocycles. The number of aromatic nitrogens is 2. The fourth-order valence-corrected chi connectivity index (χ4v) is 6.24. The minimum atomic E-state index is -0.862. The van der Waals surface area contributed by atoms with Crippen molar-refractivity contribution in [3.8, 4) is 22.6 Å². The molecular formula is C29H30FN3O3S. The molecule has 0 bridgehead atoms. The zero-order valence-electron chi connectivity index (χ0n) is 20.7. The summed E-state index contributed by atoms with van der Waals surface area (Å²) < 4.78 is 19.3. The van der Waals surface area contributed by atoms with Crippen LogP contribution in [0.1, 0.15) is 50.3 Å². The molecule has 0 spiro atoms. The van der Waals surface area contributed by atoms with E-state index in [-0.39, 0.29) is 5.82 Å². The topological polar surface area (TPSA) is 84.3 Å². The smallest absolute Gasteiger partial charge is 0.326 e. The number of benzene rings is 2. The van der Waals surface area contributed by atoms with Crippen LogP contribution in [0.4, 0.5) is 10.2 Å². The summed E-state index contributed by atoms with van der Waals surface area (Å²) in [5.74, 6) is 0.943. The second-order valence-electron chi connectivity index (χ2n) is 9.51. The standard InChI is InChI=1S/C29H30FN3O3S/c1-2-24-25(19-9-6-10-22(16-19)36-21-13-11-20(30)12-14-21)26-27(31-17-32-28(26)37-24)33-23(29(34)35)15-18-7-4-3-5-8-18/h6,9-14,16-18,23H,2-5,7-8,15H2,1H3,(H,34,35)(H,31,32,33)/t23-/m1/s1. The molecule has 1 aliphatic carbocycles. The van der Waals surface area contributed by atoms with Gasteiger partial charge in [0.1, 0.15) is 40.3 Å². The number of thiophene rings is 1. The Labute approximate surface area is 219 Å². The number of hydrogen-bond acceptors (Lipinski definition) is 6. The van der Waals surface area contributed by atoms with E-state index in [9.17, 15) is 14.3 Å². The van der Waals surface area contributed by atoms with Crippen molar-refractivity contribution in [2.75, 3.05) is 5.32 Å². The Hall–Kier alpha value is -3.52. The largest absolute Gasteiger partial charge is 0.480 e. The number of aryl methyl sites for hydroxylation is 1. The van der Waals surface area contributed by atoms with E-state index in [2.05, 4.69) is 22.2 Å². The van der Waals surface area contributed by atoms with Gasteiger partial charge in [0.25, 0.3) is 0 Å². The highest BCUT2D eigenvalue weighted by atomic mass is 32.1. The molecule has 2 aromatic carbocycles. The Balaban J connectivity index is 1.51. The minimum absolute atomic E-state index is 0.318. The maximum atomic E-state index is 13.3. The normalized spacial score (nSPS) is 15.0. The van der Waals surface area contributed by atoms with Crippen molar-refractivity contribution in [2.24, 2.45) is 5.92 Å². The van der Waals surface area contributed by atoms with Crippen LogP contribution in [0.25, 0.3) is 21.3 Å². The maximum absolute atomic E-state index is 13.3. The molecule has 0 aliphatic heterocycles. The zero-order valence-corrected chi connectivity index (χ0v) is 21.6. The zero-order chi connectivity index (χ0) is 25.8. The molecule has 1 atom stereocenters. The molecule has 0 amide bonds. The van der Waals surface area contributed by atoms with Crippen molar-refractivity contribution >= 4 is 33.3 Å². The van der Waals surface area contributed by atoms with Crippen LogP contribution >= 0.6 is 11.3 Å². The van der Waals surface area contributed by atoms with Gasteiger partial charge in [-0.25, -0.2) is 19.2 Å². The van der Waals surface area contributed by atoms with Gasteiger partial charge in [0.05, 0.1) is 5.39 Å². The number of carboxylic acids is 1. The van der Waals surface area contributed by atoms with Gasteiger partial charge in [0.15, 0.2) is 0 Å². The number of halogens is 1. The van der Waals surface area contributed by atoms with Crippen LogP contribution < -0.4 is 10.1 Å². The van der Waals surface area contributed by atoms with E-state index < -0.39 is 12.0 Å². The highest BCUT2D eigenvalue weighted by Gasteiger charge is 2.26. The van der Waals surface area contributed by atoms with E-state index in [1.807, 2.05) is 24.3 Å².